The largest absolute Gasteiger partial charge is 0.449 e. The third-order valence-electron chi connectivity index (χ3n) is 15.4. The van der Waals surface area contributed by atoms with Gasteiger partial charge >= 0.3 is 6.09 Å². The molecule has 0 aliphatic heterocycles. The minimum atomic E-state index is -0.514. The summed E-state index contributed by atoms with van der Waals surface area (Å²) in [5.74, 6) is 6.16. The predicted octanol–water partition coefficient (Wildman–Crippen LogP) is 1.52. The molecule has 2 aromatic rings. The molecular formula is C65H97Br4N11O21. The number of hydrogen-bond donors (Lipinski definition) is 6. The van der Waals surface area contributed by atoms with Crippen molar-refractivity contribution in [2.75, 3.05) is 178 Å². The molecule has 1 saturated carbocycles. The number of fused-ring (bicyclic) bond motifs is 1. The van der Waals surface area contributed by atoms with Crippen LogP contribution in [0.15, 0.2) is 62.4 Å². The highest BCUT2D eigenvalue weighted by atomic mass is 79.9. The van der Waals surface area contributed by atoms with Gasteiger partial charge in [0.25, 0.3) is 22.2 Å². The molecule has 0 radical (unpaired) electrons. The Balaban J connectivity index is 1.06. The molecule has 32 nitrogen and oxygen atoms in total. The molecule has 1 fully saturated rings. The average Bonchev–Trinajstić information content (AvgIpc) is 1.76. The molecule has 3 atom stereocenters. The highest BCUT2D eigenvalue weighted by Crippen LogP contribution is 2.52. The molecule has 0 spiro atoms. The highest BCUT2D eigenvalue weighted by molar-refractivity contribution is 9.13. The van der Waals surface area contributed by atoms with Gasteiger partial charge in [0.1, 0.15) is 17.9 Å². The van der Waals surface area contributed by atoms with E-state index in [9.17, 15) is 52.7 Å². The number of aromatic nitrogens is 4. The summed E-state index contributed by atoms with van der Waals surface area (Å²) in [5, 5.41) is 16.2. The number of nitrogens with one attached hydrogen (secondary N) is 6. The number of alkyl carbamates (subject to hydrolysis) is 1. The van der Waals surface area contributed by atoms with Crippen molar-refractivity contribution in [1.82, 2.24) is 55.5 Å². The van der Waals surface area contributed by atoms with E-state index in [-0.39, 0.29) is 237 Å². The summed E-state index contributed by atoms with van der Waals surface area (Å²) in [6.45, 7) is 13.2. The van der Waals surface area contributed by atoms with E-state index in [0.717, 1.165) is 37.8 Å². The van der Waals surface area contributed by atoms with Crippen LogP contribution in [0.4, 0.5) is 4.79 Å². The van der Waals surface area contributed by atoms with Crippen molar-refractivity contribution in [3.05, 3.63) is 84.6 Å². The maximum absolute atomic E-state index is 13.4. The first kappa shape index (κ1) is 87.5. The van der Waals surface area contributed by atoms with Crippen LogP contribution in [0.1, 0.15) is 64.2 Å². The first-order valence-corrected chi connectivity index (χ1v) is 36.9. The van der Waals surface area contributed by atoms with E-state index < -0.39 is 28.3 Å². The number of nitrogens with zero attached hydrogens (tertiary/aromatic N) is 5. The molecule has 6 N–H and O–H groups in total. The molecular weight excluding hydrogens is 1590 g/mol. The van der Waals surface area contributed by atoms with Gasteiger partial charge in [0, 0.05) is 97.6 Å². The standard InChI is InChI=1S/C65H97Br4N11O21/c1-3-51(81)70-17-9-23-77-61(87)57(66)59(68)63(89)79(77)25-13-53(83)72-19-31-95-41-43-98-35-27-76(28-36-99-44-42-96-32-20-73-54(84)14-26-80-64(90)60(69)58(67)62(88)78(80)24-10-18-71-52(82)4-2)56(86)16-30-93-38-46-100-45-37-92-29-15-55(85)74-21-33-94-39-40-97-34-22-75-65(91)101-47-50-48-11-7-5-6-8-12-49(48)50/h3-4,48-50H,1-2,7-47H2,(H,70,81)(H,71,82)(H,72,83)(H,73,84)(H,74,85)(H,75,91)/t48-,49+,50?. The number of ether oxygens (including phenoxy) is 10. The fourth-order valence-corrected chi connectivity index (χ4v) is 11.6. The zero-order chi connectivity index (χ0) is 73.4. The van der Waals surface area contributed by atoms with Gasteiger partial charge < -0.3 is 84.2 Å². The Morgan fingerprint density at radius 3 is 1.13 bits per heavy atom. The Kier molecular flexibility index (Phi) is 45.8. The van der Waals surface area contributed by atoms with E-state index in [1.54, 1.807) is 4.90 Å². The summed E-state index contributed by atoms with van der Waals surface area (Å²) in [6.07, 6.45) is 6.49. The highest BCUT2D eigenvalue weighted by Gasteiger charge is 2.49. The minimum Gasteiger partial charge on any atom is -0.449 e. The number of amides is 7. The van der Waals surface area contributed by atoms with Crippen LogP contribution in [0.25, 0.3) is 0 Å². The fourth-order valence-electron chi connectivity index (χ4n) is 10.1. The van der Waals surface area contributed by atoms with Crippen molar-refractivity contribution in [3.63, 3.8) is 0 Å². The minimum absolute atomic E-state index is 0.0232. The van der Waals surface area contributed by atoms with Gasteiger partial charge in [0.2, 0.25) is 35.4 Å². The zero-order valence-electron chi connectivity index (χ0n) is 57.1. The number of carbonyl (C=O) groups is 7. The molecule has 1 unspecified atom stereocenters. The summed E-state index contributed by atoms with van der Waals surface area (Å²) >= 11 is 12.6. The van der Waals surface area contributed by atoms with Gasteiger partial charge in [-0.3, -0.25) is 47.9 Å². The normalized spacial score (nSPS) is 14.4. The lowest BCUT2D eigenvalue weighted by Gasteiger charge is -2.23. The lowest BCUT2D eigenvalue weighted by molar-refractivity contribution is -0.134. The van der Waals surface area contributed by atoms with E-state index in [2.05, 4.69) is 121 Å². The Morgan fingerprint density at radius 2 is 0.743 bits per heavy atom. The van der Waals surface area contributed by atoms with Crippen LogP contribution in [-0.4, -0.2) is 243 Å². The first-order chi connectivity index (χ1) is 48.9. The van der Waals surface area contributed by atoms with Gasteiger partial charge in [0.15, 0.2) is 0 Å². The molecule has 2 aliphatic carbocycles. The monoisotopic (exact) mass is 1680 g/mol. The van der Waals surface area contributed by atoms with E-state index in [1.807, 2.05) is 0 Å². The van der Waals surface area contributed by atoms with Crippen molar-refractivity contribution < 1.29 is 80.9 Å². The van der Waals surface area contributed by atoms with Crippen LogP contribution < -0.4 is 54.1 Å². The predicted molar refractivity (Wildman–Crippen MR) is 384 cm³/mol. The SMILES string of the molecule is C=CC(=O)NCCCn1c(=O)c(Br)c(Br)c(=O)n1CCC(=O)NCCOCCOCCN(CCOCCOCCNC(=O)CCn1c(=O)c(Br)c(Br)c(=O)n1CCCNC(=O)C=C)C(=O)CCOCCOCCOCCC(=O)NCCOCCOCCNC(=O)OCC1[C@H]2CCC#CCC[C@@H]12. The second-order valence-corrected chi connectivity index (χ2v) is 25.7. The van der Waals surface area contributed by atoms with E-state index >= 15 is 0 Å². The average molecular weight is 1690 g/mol. The number of halogens is 4. The fraction of sp³-hybridized carbons (Fsp3) is 0.677. The van der Waals surface area contributed by atoms with Crippen LogP contribution >= 0.6 is 63.7 Å². The molecule has 2 heterocycles. The van der Waals surface area contributed by atoms with Crippen LogP contribution in [0.2, 0.25) is 0 Å². The summed E-state index contributed by atoms with van der Waals surface area (Å²) in [7, 11) is 0. The molecule has 0 aromatic carbocycles. The molecule has 2 aliphatic rings. The van der Waals surface area contributed by atoms with Crippen molar-refractivity contribution in [2.45, 2.75) is 90.4 Å². The molecule has 566 valence electrons. The first-order valence-electron chi connectivity index (χ1n) is 33.7. The van der Waals surface area contributed by atoms with Crippen molar-refractivity contribution in [3.8, 4) is 11.8 Å². The van der Waals surface area contributed by atoms with Crippen molar-refractivity contribution in [1.29, 1.82) is 0 Å². The Morgan fingerprint density at radius 1 is 0.416 bits per heavy atom. The van der Waals surface area contributed by atoms with Crippen LogP contribution in [0.3, 0.4) is 0 Å². The smallest absolute Gasteiger partial charge is 0.407 e. The molecule has 0 bridgehead atoms. The maximum atomic E-state index is 13.4. The Hall–Kier alpha value is -5.95. The number of hydrogen-bond acceptors (Lipinski definition) is 21. The summed E-state index contributed by atoms with van der Waals surface area (Å²) in [6, 6.07) is 0. The summed E-state index contributed by atoms with van der Waals surface area (Å²) < 4.78 is 60.9. The molecule has 7 amide bonds. The second-order valence-electron chi connectivity index (χ2n) is 22.6. The second kappa shape index (κ2) is 52.9. The lowest BCUT2D eigenvalue weighted by atomic mass is 10.1. The quantitative estimate of drug-likeness (QED) is 0.0311. The van der Waals surface area contributed by atoms with Gasteiger partial charge in [-0.25, -0.2) is 23.5 Å². The topological polar surface area (TPSA) is 375 Å². The molecule has 2 aromatic heterocycles. The van der Waals surface area contributed by atoms with Crippen molar-refractivity contribution >= 4 is 105 Å². The summed E-state index contributed by atoms with van der Waals surface area (Å²) in [4.78, 5) is 140. The molecule has 101 heavy (non-hydrogen) atoms. The van der Waals surface area contributed by atoms with Gasteiger partial charge in [-0.2, -0.15) is 0 Å². The zero-order valence-corrected chi connectivity index (χ0v) is 63.5. The van der Waals surface area contributed by atoms with Crippen LogP contribution in [-0.2, 0) is 102 Å². The Labute approximate surface area is 620 Å². The van der Waals surface area contributed by atoms with Gasteiger partial charge in [-0.05, 0) is 119 Å². The maximum Gasteiger partial charge on any atom is 0.407 e. The number of carbonyl (C=O) groups excluding carboxylic acids is 7. The van der Waals surface area contributed by atoms with Crippen LogP contribution in [0, 0.1) is 29.6 Å². The lowest BCUT2D eigenvalue weighted by Crippen LogP contribution is -2.41. The third kappa shape index (κ3) is 35.9. The van der Waals surface area contributed by atoms with E-state index in [1.165, 1.54) is 18.7 Å². The molecule has 4 rings (SSSR count). The molecule has 0 saturated heterocycles. The number of rotatable bonds is 57. The van der Waals surface area contributed by atoms with Crippen molar-refractivity contribution in [2.24, 2.45) is 17.8 Å². The Bertz CT molecular complexity index is 3090. The van der Waals surface area contributed by atoms with Gasteiger partial charge in [0.05, 0.1) is 145 Å². The molecule has 36 heteroatoms. The van der Waals surface area contributed by atoms with Crippen LogP contribution in [0.5, 0.6) is 0 Å². The van der Waals surface area contributed by atoms with E-state index in [4.69, 9.17) is 47.4 Å². The van der Waals surface area contributed by atoms with E-state index in [0.29, 0.717) is 76.7 Å². The summed E-state index contributed by atoms with van der Waals surface area (Å²) in [5.41, 5.74) is -1.99. The third-order valence-corrected chi connectivity index (χ3v) is 19.5. The van der Waals surface area contributed by atoms with Gasteiger partial charge in [-0.15, -0.1) is 11.8 Å². The van der Waals surface area contributed by atoms with Gasteiger partial charge in [-0.1, -0.05) is 13.2 Å².